The summed E-state index contributed by atoms with van der Waals surface area (Å²) in [7, 11) is 0. The fourth-order valence-corrected chi connectivity index (χ4v) is 1.00. The second kappa shape index (κ2) is 5.35. The maximum atomic E-state index is 11.5. The molecular weight excluding hydrogens is 178 g/mol. The predicted molar refractivity (Wildman–Crippen MR) is 58.2 cm³/mol. The monoisotopic (exact) mass is 201 g/mol. The summed E-state index contributed by atoms with van der Waals surface area (Å²) in [5.74, 6) is -0.183. The van der Waals surface area contributed by atoms with Crippen LogP contribution in [0.1, 0.15) is 48.0 Å². The van der Waals surface area contributed by atoms with Crippen LogP contribution in [-0.4, -0.2) is 23.7 Å². The molecule has 3 nitrogen and oxygen atoms in total. The van der Waals surface area contributed by atoms with Crippen molar-refractivity contribution >= 4 is 5.97 Å². The van der Waals surface area contributed by atoms with Gasteiger partial charge in [0, 0.05) is 6.04 Å². The first-order valence-corrected chi connectivity index (χ1v) is 5.25. The van der Waals surface area contributed by atoms with Gasteiger partial charge in [0.15, 0.2) is 0 Å². The van der Waals surface area contributed by atoms with E-state index in [0.29, 0.717) is 6.04 Å². The Labute approximate surface area is 87.2 Å². The van der Waals surface area contributed by atoms with Crippen LogP contribution in [0.25, 0.3) is 0 Å². The molecule has 0 aromatic heterocycles. The van der Waals surface area contributed by atoms with Crippen molar-refractivity contribution in [3.63, 3.8) is 0 Å². The molecular formula is C11H23NO2. The first-order valence-electron chi connectivity index (χ1n) is 5.25. The van der Waals surface area contributed by atoms with E-state index in [9.17, 15) is 4.79 Å². The largest absolute Gasteiger partial charge is 0.459 e. The number of carbonyl (C=O) groups excluding carboxylic acids is 1. The van der Waals surface area contributed by atoms with Crippen molar-refractivity contribution in [3.8, 4) is 0 Å². The third-order valence-corrected chi connectivity index (χ3v) is 1.91. The highest BCUT2D eigenvalue weighted by molar-refractivity contribution is 5.75. The summed E-state index contributed by atoms with van der Waals surface area (Å²) in [4.78, 5) is 11.5. The van der Waals surface area contributed by atoms with Gasteiger partial charge in [-0.05, 0) is 41.0 Å². The molecule has 14 heavy (non-hydrogen) atoms. The fourth-order valence-electron chi connectivity index (χ4n) is 1.00. The van der Waals surface area contributed by atoms with Crippen LogP contribution in [0.4, 0.5) is 0 Å². The Morgan fingerprint density at radius 3 is 2.21 bits per heavy atom. The van der Waals surface area contributed by atoms with Gasteiger partial charge in [-0.2, -0.15) is 0 Å². The van der Waals surface area contributed by atoms with Crippen LogP contribution in [0.5, 0.6) is 0 Å². The number of ether oxygens (including phenoxy) is 1. The van der Waals surface area contributed by atoms with Crippen LogP contribution in [0.3, 0.4) is 0 Å². The van der Waals surface area contributed by atoms with E-state index < -0.39 is 5.60 Å². The maximum Gasteiger partial charge on any atom is 0.323 e. The van der Waals surface area contributed by atoms with Crippen molar-refractivity contribution in [3.05, 3.63) is 0 Å². The molecule has 0 saturated heterocycles. The quantitative estimate of drug-likeness (QED) is 0.708. The van der Waals surface area contributed by atoms with Crippen LogP contribution in [0, 0.1) is 0 Å². The molecule has 0 rings (SSSR count). The second-order valence-electron chi connectivity index (χ2n) is 4.73. The highest BCUT2D eigenvalue weighted by Crippen LogP contribution is 2.08. The highest BCUT2D eigenvalue weighted by atomic mass is 16.6. The molecule has 0 heterocycles. The van der Waals surface area contributed by atoms with E-state index in [1.54, 1.807) is 0 Å². The molecule has 0 amide bonds. The summed E-state index contributed by atoms with van der Waals surface area (Å²) in [6.07, 6.45) is 1.01. The number of hydrogen-bond acceptors (Lipinski definition) is 3. The minimum atomic E-state index is -0.400. The van der Waals surface area contributed by atoms with Crippen LogP contribution >= 0.6 is 0 Å². The van der Waals surface area contributed by atoms with Crippen molar-refractivity contribution in [2.24, 2.45) is 0 Å². The van der Waals surface area contributed by atoms with Gasteiger partial charge in [0.25, 0.3) is 0 Å². The van der Waals surface area contributed by atoms with Crippen molar-refractivity contribution in [2.75, 3.05) is 0 Å². The lowest BCUT2D eigenvalue weighted by molar-refractivity contribution is -0.157. The molecule has 84 valence electrons. The summed E-state index contributed by atoms with van der Waals surface area (Å²) < 4.78 is 5.24. The Morgan fingerprint density at radius 2 is 1.86 bits per heavy atom. The van der Waals surface area contributed by atoms with E-state index >= 15 is 0 Å². The zero-order chi connectivity index (χ0) is 11.4. The fraction of sp³-hybridized carbons (Fsp3) is 0.909. The van der Waals surface area contributed by atoms with Gasteiger partial charge in [0.05, 0.1) is 0 Å². The highest BCUT2D eigenvalue weighted by Gasteiger charge is 2.21. The smallest absolute Gasteiger partial charge is 0.323 e. The summed E-state index contributed by atoms with van der Waals surface area (Å²) in [6.45, 7) is 11.6. The third-order valence-electron chi connectivity index (χ3n) is 1.91. The van der Waals surface area contributed by atoms with Gasteiger partial charge in [-0.15, -0.1) is 0 Å². The SMILES string of the molecule is CCC(C)N[C@@H](C)C(=O)OC(C)(C)C. The van der Waals surface area contributed by atoms with Gasteiger partial charge in [0.2, 0.25) is 0 Å². The Kier molecular flexibility index (Phi) is 5.13. The molecule has 0 aromatic rings. The Balaban J connectivity index is 4.00. The van der Waals surface area contributed by atoms with Crippen LogP contribution in [-0.2, 0) is 9.53 Å². The second-order valence-corrected chi connectivity index (χ2v) is 4.73. The van der Waals surface area contributed by atoms with Gasteiger partial charge in [-0.1, -0.05) is 6.92 Å². The van der Waals surface area contributed by atoms with E-state index in [-0.39, 0.29) is 12.0 Å². The van der Waals surface area contributed by atoms with E-state index in [0.717, 1.165) is 6.42 Å². The molecule has 3 heteroatoms. The van der Waals surface area contributed by atoms with Crippen molar-refractivity contribution < 1.29 is 9.53 Å². The van der Waals surface area contributed by atoms with E-state index in [1.807, 2.05) is 27.7 Å². The molecule has 1 unspecified atom stereocenters. The van der Waals surface area contributed by atoms with E-state index in [4.69, 9.17) is 4.74 Å². The lowest BCUT2D eigenvalue weighted by Crippen LogP contribution is -2.43. The number of carbonyl (C=O) groups is 1. The Morgan fingerprint density at radius 1 is 1.36 bits per heavy atom. The van der Waals surface area contributed by atoms with Gasteiger partial charge >= 0.3 is 5.97 Å². The minimum absolute atomic E-state index is 0.183. The normalized spacial score (nSPS) is 16.1. The first kappa shape index (κ1) is 13.4. The van der Waals surface area contributed by atoms with E-state index in [1.165, 1.54) is 0 Å². The summed E-state index contributed by atoms with van der Waals surface area (Å²) in [5.41, 5.74) is -0.400. The molecule has 0 saturated carbocycles. The van der Waals surface area contributed by atoms with Crippen molar-refractivity contribution in [2.45, 2.75) is 65.6 Å². The lowest BCUT2D eigenvalue weighted by Gasteiger charge is -2.24. The van der Waals surface area contributed by atoms with Crippen LogP contribution < -0.4 is 5.32 Å². The standard InChI is InChI=1S/C11H23NO2/c1-7-8(2)12-9(3)10(13)14-11(4,5)6/h8-9,12H,7H2,1-6H3/t8?,9-/m0/s1. The molecule has 0 spiro atoms. The Hall–Kier alpha value is -0.570. The van der Waals surface area contributed by atoms with Crippen molar-refractivity contribution in [1.82, 2.24) is 5.32 Å². The maximum absolute atomic E-state index is 11.5. The molecule has 1 N–H and O–H groups in total. The van der Waals surface area contributed by atoms with Gasteiger partial charge in [-0.3, -0.25) is 4.79 Å². The predicted octanol–water partition coefficient (Wildman–Crippen LogP) is 2.10. The van der Waals surface area contributed by atoms with Crippen LogP contribution in [0.2, 0.25) is 0 Å². The third kappa shape index (κ3) is 5.97. The minimum Gasteiger partial charge on any atom is -0.459 e. The average molecular weight is 201 g/mol. The van der Waals surface area contributed by atoms with E-state index in [2.05, 4.69) is 19.2 Å². The lowest BCUT2D eigenvalue weighted by atomic mass is 10.2. The summed E-state index contributed by atoms with van der Waals surface area (Å²) >= 11 is 0. The van der Waals surface area contributed by atoms with Gasteiger partial charge < -0.3 is 10.1 Å². The molecule has 2 atom stereocenters. The molecule has 0 radical (unpaired) electrons. The van der Waals surface area contributed by atoms with Crippen LogP contribution in [0.15, 0.2) is 0 Å². The van der Waals surface area contributed by atoms with Crippen molar-refractivity contribution in [1.29, 1.82) is 0 Å². The number of hydrogen-bond donors (Lipinski definition) is 1. The number of nitrogens with one attached hydrogen (secondary N) is 1. The molecule has 0 aliphatic rings. The van der Waals surface area contributed by atoms with Gasteiger partial charge in [-0.25, -0.2) is 0 Å². The topological polar surface area (TPSA) is 38.3 Å². The molecule has 0 aliphatic heterocycles. The number of esters is 1. The average Bonchev–Trinajstić information content (AvgIpc) is 2.00. The Bertz CT molecular complexity index is 184. The summed E-state index contributed by atoms with van der Waals surface area (Å²) in [6, 6.07) is 0.113. The molecule has 0 fully saturated rings. The zero-order valence-electron chi connectivity index (χ0n) is 10.2. The summed E-state index contributed by atoms with van der Waals surface area (Å²) in [5, 5.41) is 3.18. The molecule has 0 aromatic carbocycles. The molecule has 0 aliphatic carbocycles. The molecule has 0 bridgehead atoms. The van der Waals surface area contributed by atoms with Gasteiger partial charge in [0.1, 0.15) is 11.6 Å². The zero-order valence-corrected chi connectivity index (χ0v) is 10.2. The number of rotatable bonds is 4. The first-order chi connectivity index (χ1) is 6.26.